The lowest BCUT2D eigenvalue weighted by Gasteiger charge is -2.12. The van der Waals surface area contributed by atoms with Crippen molar-refractivity contribution in [2.45, 2.75) is 19.3 Å². The van der Waals surface area contributed by atoms with Crippen molar-refractivity contribution in [1.29, 1.82) is 5.26 Å². The van der Waals surface area contributed by atoms with Gasteiger partial charge in [-0.3, -0.25) is 5.10 Å². The third-order valence-corrected chi connectivity index (χ3v) is 4.77. The number of nitrogens with one attached hydrogen (secondary N) is 1. The van der Waals surface area contributed by atoms with E-state index in [2.05, 4.69) is 21.3 Å². The lowest BCUT2D eigenvalue weighted by atomic mass is 9.94. The molecule has 2 heterocycles. The average Bonchev–Trinajstić information content (AvgIpc) is 3.29. The maximum absolute atomic E-state index is 14.4. The minimum Gasteiger partial charge on any atom is -0.508 e. The van der Waals surface area contributed by atoms with E-state index in [0.717, 1.165) is 29.1 Å². The van der Waals surface area contributed by atoms with Crippen molar-refractivity contribution in [3.8, 4) is 23.1 Å². The Kier molecular flexibility index (Phi) is 3.44. The zero-order chi connectivity index (χ0) is 17.7. The molecule has 3 N–H and O–H groups in total. The third-order valence-electron chi connectivity index (χ3n) is 4.77. The largest absolute Gasteiger partial charge is 0.508 e. The van der Waals surface area contributed by atoms with Crippen molar-refractivity contribution < 1.29 is 14.6 Å². The van der Waals surface area contributed by atoms with Crippen LogP contribution < -0.4 is 0 Å². The smallest absolute Gasteiger partial charge is 0.182 e. The van der Waals surface area contributed by atoms with E-state index in [1.807, 2.05) is 6.92 Å². The van der Waals surface area contributed by atoms with Gasteiger partial charge in [0.05, 0.1) is 11.3 Å². The Morgan fingerprint density at radius 2 is 2.24 bits per heavy atom. The fourth-order valence-corrected chi connectivity index (χ4v) is 3.41. The second-order valence-electron chi connectivity index (χ2n) is 6.36. The van der Waals surface area contributed by atoms with Gasteiger partial charge in [0.15, 0.2) is 5.65 Å². The molecule has 1 fully saturated rings. The number of nitriles is 1. The number of benzene rings is 1. The lowest BCUT2D eigenvalue weighted by molar-refractivity contribution is 0.274. The van der Waals surface area contributed by atoms with Crippen LogP contribution in [0.15, 0.2) is 18.2 Å². The first-order valence-corrected chi connectivity index (χ1v) is 7.93. The van der Waals surface area contributed by atoms with Crippen LogP contribution >= 0.6 is 0 Å². The van der Waals surface area contributed by atoms with E-state index in [4.69, 9.17) is 0 Å². The zero-order valence-electron chi connectivity index (χ0n) is 13.4. The molecule has 1 saturated carbocycles. The molecule has 7 heteroatoms. The fourth-order valence-electron chi connectivity index (χ4n) is 3.41. The molecule has 6 nitrogen and oxygen atoms in total. The van der Waals surface area contributed by atoms with E-state index in [-0.39, 0.29) is 35.4 Å². The number of nitrogens with zero attached hydrogens (tertiary/aromatic N) is 3. The Morgan fingerprint density at radius 1 is 1.44 bits per heavy atom. The Balaban J connectivity index is 2.05. The Morgan fingerprint density at radius 3 is 2.88 bits per heavy atom. The molecule has 2 aromatic heterocycles. The van der Waals surface area contributed by atoms with Gasteiger partial charge in [-0.25, -0.2) is 9.37 Å². The number of rotatable bonds is 3. The lowest BCUT2D eigenvalue weighted by Crippen LogP contribution is -2.01. The van der Waals surface area contributed by atoms with Gasteiger partial charge < -0.3 is 10.2 Å². The summed E-state index contributed by atoms with van der Waals surface area (Å²) in [5.74, 6) is -0.736. The van der Waals surface area contributed by atoms with E-state index in [9.17, 15) is 19.9 Å². The van der Waals surface area contributed by atoms with Crippen molar-refractivity contribution in [2.75, 3.05) is 6.61 Å². The molecule has 0 aliphatic heterocycles. The number of aromatic nitrogens is 3. The fraction of sp³-hybridized carbons (Fsp3) is 0.278. The van der Waals surface area contributed by atoms with Crippen LogP contribution in [0.2, 0.25) is 0 Å². The van der Waals surface area contributed by atoms with Gasteiger partial charge in [-0.15, -0.1) is 0 Å². The molecule has 1 unspecified atom stereocenters. The standard InChI is InChI=1S/C18H15FN4O2/c1-8-15-16(12-4-9(12)7-24)13(6-20)17(21-18(15)23-22-8)11-3-2-10(25)5-14(11)19/h2-3,5,9,12,24-25H,4,7H2,1H3,(H,21,22,23)/t9-,12?/m1/s1. The molecule has 2 atom stereocenters. The SMILES string of the molecule is Cc1[nH]nc2nc(-c3ccc(O)cc3F)c(C#N)c(C3C[C@@H]3CO)c12. The number of halogens is 1. The molecular formula is C18H15FN4O2. The number of aromatic hydroxyl groups is 1. The van der Waals surface area contributed by atoms with Crippen LogP contribution in [0.3, 0.4) is 0 Å². The van der Waals surface area contributed by atoms with Crippen molar-refractivity contribution >= 4 is 11.0 Å². The van der Waals surface area contributed by atoms with Gasteiger partial charge >= 0.3 is 0 Å². The number of hydrogen-bond acceptors (Lipinski definition) is 5. The Labute approximate surface area is 142 Å². The molecule has 126 valence electrons. The number of hydrogen-bond donors (Lipinski definition) is 3. The maximum atomic E-state index is 14.4. The minimum atomic E-state index is -0.656. The number of aryl methyl sites for hydroxylation is 1. The molecule has 25 heavy (non-hydrogen) atoms. The van der Waals surface area contributed by atoms with Crippen molar-refractivity contribution in [3.63, 3.8) is 0 Å². The maximum Gasteiger partial charge on any atom is 0.182 e. The monoisotopic (exact) mass is 338 g/mol. The number of aromatic amines is 1. The average molecular weight is 338 g/mol. The van der Waals surface area contributed by atoms with E-state index < -0.39 is 5.82 Å². The highest BCUT2D eigenvalue weighted by atomic mass is 19.1. The molecule has 0 spiro atoms. The predicted octanol–water partition coefficient (Wildman–Crippen LogP) is 2.75. The predicted molar refractivity (Wildman–Crippen MR) is 88.3 cm³/mol. The number of H-pyrrole nitrogens is 1. The highest BCUT2D eigenvalue weighted by Gasteiger charge is 2.42. The number of fused-ring (bicyclic) bond motifs is 1. The first-order chi connectivity index (χ1) is 12.0. The second-order valence-corrected chi connectivity index (χ2v) is 6.36. The normalized spacial score (nSPS) is 19.1. The van der Waals surface area contributed by atoms with Crippen LogP contribution in [-0.2, 0) is 0 Å². The summed E-state index contributed by atoms with van der Waals surface area (Å²) in [5.41, 5.74) is 2.60. The van der Waals surface area contributed by atoms with E-state index in [1.54, 1.807) is 0 Å². The van der Waals surface area contributed by atoms with Gasteiger partial charge in [-0.05, 0) is 42.9 Å². The molecule has 0 amide bonds. The number of phenols is 1. The van der Waals surface area contributed by atoms with Crippen molar-refractivity contribution in [3.05, 3.63) is 40.8 Å². The summed E-state index contributed by atoms with van der Waals surface area (Å²) < 4.78 is 14.4. The Hall–Kier alpha value is -2.98. The molecule has 1 aromatic carbocycles. The number of phenolic OH excluding ortho intramolecular Hbond substituents is 1. The van der Waals surface area contributed by atoms with Crippen molar-refractivity contribution in [2.24, 2.45) is 5.92 Å². The van der Waals surface area contributed by atoms with E-state index >= 15 is 0 Å². The number of pyridine rings is 1. The topological polar surface area (TPSA) is 106 Å². The molecule has 3 aromatic rings. The van der Waals surface area contributed by atoms with Crippen molar-refractivity contribution in [1.82, 2.24) is 15.2 Å². The van der Waals surface area contributed by atoms with Crippen LogP contribution in [0.25, 0.3) is 22.3 Å². The first kappa shape index (κ1) is 15.5. The zero-order valence-corrected chi connectivity index (χ0v) is 13.4. The summed E-state index contributed by atoms with van der Waals surface area (Å²) in [4.78, 5) is 4.40. The second kappa shape index (κ2) is 5.53. The molecule has 0 saturated heterocycles. The number of aliphatic hydroxyl groups excluding tert-OH is 1. The van der Waals surface area contributed by atoms with Crippen LogP contribution in [0.1, 0.15) is 29.2 Å². The number of aliphatic hydroxyl groups is 1. The van der Waals surface area contributed by atoms with Crippen LogP contribution in [0.5, 0.6) is 5.75 Å². The summed E-state index contributed by atoms with van der Waals surface area (Å²) in [6.07, 6.45) is 0.770. The van der Waals surface area contributed by atoms with E-state index in [0.29, 0.717) is 11.2 Å². The Bertz CT molecular complexity index is 1040. The van der Waals surface area contributed by atoms with Gasteiger partial charge in [0.2, 0.25) is 0 Å². The van der Waals surface area contributed by atoms with Crippen LogP contribution in [-0.4, -0.2) is 32.0 Å². The van der Waals surface area contributed by atoms with Gasteiger partial charge in [-0.2, -0.15) is 10.4 Å². The molecule has 4 rings (SSSR count). The molecule has 0 radical (unpaired) electrons. The van der Waals surface area contributed by atoms with Gasteiger partial charge in [0, 0.05) is 29.3 Å². The molecular weight excluding hydrogens is 323 g/mol. The third kappa shape index (κ3) is 2.34. The molecule has 0 bridgehead atoms. The molecule has 1 aliphatic rings. The summed E-state index contributed by atoms with van der Waals surface area (Å²) in [6, 6.07) is 5.91. The molecule has 1 aliphatic carbocycles. The highest BCUT2D eigenvalue weighted by Crippen LogP contribution is 2.51. The van der Waals surface area contributed by atoms with Gasteiger partial charge in [0.25, 0.3) is 0 Å². The van der Waals surface area contributed by atoms with Crippen LogP contribution in [0, 0.1) is 30.0 Å². The van der Waals surface area contributed by atoms with E-state index in [1.165, 1.54) is 12.1 Å². The summed E-state index contributed by atoms with van der Waals surface area (Å²) in [5, 5.41) is 36.5. The van der Waals surface area contributed by atoms with Gasteiger partial charge in [0.1, 0.15) is 17.6 Å². The first-order valence-electron chi connectivity index (χ1n) is 7.93. The minimum absolute atomic E-state index is 0.0281. The van der Waals surface area contributed by atoms with Crippen LogP contribution in [0.4, 0.5) is 4.39 Å². The summed E-state index contributed by atoms with van der Waals surface area (Å²) >= 11 is 0. The highest BCUT2D eigenvalue weighted by molar-refractivity contribution is 5.89. The van der Waals surface area contributed by atoms with Gasteiger partial charge in [-0.1, -0.05) is 0 Å². The quantitative estimate of drug-likeness (QED) is 0.681. The summed E-state index contributed by atoms with van der Waals surface area (Å²) in [7, 11) is 0. The summed E-state index contributed by atoms with van der Waals surface area (Å²) in [6.45, 7) is 1.89.